The topological polar surface area (TPSA) is 56.0 Å². The van der Waals surface area contributed by atoms with E-state index in [-0.39, 0.29) is 28.2 Å². The van der Waals surface area contributed by atoms with Gasteiger partial charge < -0.3 is 4.90 Å². The van der Waals surface area contributed by atoms with Crippen molar-refractivity contribution in [2.45, 2.75) is 51.4 Å². The van der Waals surface area contributed by atoms with Gasteiger partial charge in [-0.05, 0) is 25.7 Å². The summed E-state index contributed by atoms with van der Waals surface area (Å²) >= 11 is 12.1. The van der Waals surface area contributed by atoms with Crippen LogP contribution in [0.1, 0.15) is 48.5 Å². The van der Waals surface area contributed by atoms with E-state index in [1.165, 1.54) is 14.3 Å². The highest BCUT2D eigenvalue weighted by Gasteiger charge is 2.41. The molecule has 3 rings (SSSR count). The molecule has 0 fully saturated rings. The Balaban J connectivity index is 1.89. The largest absolute Gasteiger partial charge is 0.435 e. The van der Waals surface area contributed by atoms with Gasteiger partial charge in [0.2, 0.25) is 5.91 Å². The van der Waals surface area contributed by atoms with Crippen molar-refractivity contribution in [2.75, 3.05) is 7.05 Å². The molecule has 0 aliphatic heterocycles. The summed E-state index contributed by atoms with van der Waals surface area (Å²) in [5.74, 6) is -0.355. The molecule has 0 N–H and O–H groups in total. The number of amides is 1. The summed E-state index contributed by atoms with van der Waals surface area (Å²) in [5, 5.41) is 8.47. The second kappa shape index (κ2) is 7.59. The molecule has 0 spiro atoms. The third kappa shape index (κ3) is 3.61. The molecule has 0 saturated heterocycles. The number of carbonyl (C=O) groups is 1. The van der Waals surface area contributed by atoms with E-state index in [9.17, 15) is 18.0 Å². The lowest BCUT2D eigenvalue weighted by Gasteiger charge is -2.24. The second-order valence-electron chi connectivity index (χ2n) is 6.86. The molecule has 2 aromatic heterocycles. The molecule has 0 unspecified atom stereocenters. The zero-order chi connectivity index (χ0) is 20.8. The van der Waals surface area contributed by atoms with Crippen molar-refractivity contribution in [3.05, 3.63) is 32.8 Å². The minimum absolute atomic E-state index is 0.0876. The van der Waals surface area contributed by atoms with Gasteiger partial charge in [-0.25, -0.2) is 0 Å². The number of alkyl halides is 3. The average molecular weight is 438 g/mol. The summed E-state index contributed by atoms with van der Waals surface area (Å²) in [6.45, 7) is 1.83. The zero-order valence-corrected chi connectivity index (χ0v) is 17.2. The standard InChI is InChI=1S/C17H20Cl2F3N5O/c1-4-11(16(28)25(2)8-10-13(18)15(19)26(3)23-10)27-12-7-5-6-9(12)14(24-27)17(20,21)22/h11H,4-8H2,1-3H3/t11-/m1/s1. The predicted octanol–water partition coefficient (Wildman–Crippen LogP) is 4.04. The lowest BCUT2D eigenvalue weighted by Crippen LogP contribution is -2.35. The summed E-state index contributed by atoms with van der Waals surface area (Å²) in [5.41, 5.74) is 0.246. The third-order valence-corrected chi connectivity index (χ3v) is 5.87. The summed E-state index contributed by atoms with van der Waals surface area (Å²) in [4.78, 5) is 14.4. The van der Waals surface area contributed by atoms with Crippen molar-refractivity contribution >= 4 is 29.1 Å². The number of carbonyl (C=O) groups excluding carboxylic acids is 1. The average Bonchev–Trinajstić information content (AvgIpc) is 3.28. The van der Waals surface area contributed by atoms with Crippen molar-refractivity contribution in [1.29, 1.82) is 0 Å². The number of nitrogens with zero attached hydrogens (tertiary/aromatic N) is 5. The summed E-state index contributed by atoms with van der Waals surface area (Å²) < 4.78 is 42.7. The maximum absolute atomic E-state index is 13.3. The van der Waals surface area contributed by atoms with Gasteiger partial charge in [-0.1, -0.05) is 30.1 Å². The van der Waals surface area contributed by atoms with Gasteiger partial charge in [0.25, 0.3) is 0 Å². The molecule has 0 bridgehead atoms. The Morgan fingerprint density at radius 3 is 2.50 bits per heavy atom. The fraction of sp³-hybridized carbons (Fsp3) is 0.588. The van der Waals surface area contributed by atoms with Crippen LogP contribution in [-0.2, 0) is 37.4 Å². The Labute approximate surface area is 170 Å². The summed E-state index contributed by atoms with van der Waals surface area (Å²) in [7, 11) is 3.18. The lowest BCUT2D eigenvalue weighted by atomic mass is 10.1. The number of hydrogen-bond acceptors (Lipinski definition) is 3. The molecule has 2 heterocycles. The fourth-order valence-electron chi connectivity index (χ4n) is 3.59. The molecule has 28 heavy (non-hydrogen) atoms. The molecule has 11 heteroatoms. The minimum Gasteiger partial charge on any atom is -0.338 e. The quantitative estimate of drug-likeness (QED) is 0.708. The van der Waals surface area contributed by atoms with Crippen LogP contribution in [0.15, 0.2) is 0 Å². The molecule has 6 nitrogen and oxygen atoms in total. The molecule has 1 aliphatic carbocycles. The monoisotopic (exact) mass is 437 g/mol. The molecular formula is C17H20Cl2F3N5O. The Morgan fingerprint density at radius 2 is 1.96 bits per heavy atom. The summed E-state index contributed by atoms with van der Waals surface area (Å²) in [6.07, 6.45) is -2.80. The number of aromatic nitrogens is 4. The van der Waals surface area contributed by atoms with Gasteiger partial charge in [-0.2, -0.15) is 23.4 Å². The van der Waals surface area contributed by atoms with Crippen LogP contribution in [0.2, 0.25) is 10.2 Å². The SMILES string of the molecule is CC[C@H](C(=O)N(C)Cc1nn(C)c(Cl)c1Cl)n1nc(C(F)(F)F)c2c1CCC2. The van der Waals surface area contributed by atoms with E-state index >= 15 is 0 Å². The van der Waals surface area contributed by atoms with Gasteiger partial charge in [-0.3, -0.25) is 14.2 Å². The maximum Gasteiger partial charge on any atom is 0.435 e. The van der Waals surface area contributed by atoms with Crippen molar-refractivity contribution in [1.82, 2.24) is 24.5 Å². The first-order chi connectivity index (χ1) is 13.1. The first kappa shape index (κ1) is 21.0. The van der Waals surface area contributed by atoms with E-state index in [2.05, 4.69) is 10.2 Å². The van der Waals surface area contributed by atoms with Gasteiger partial charge >= 0.3 is 6.18 Å². The number of rotatable bonds is 5. The van der Waals surface area contributed by atoms with E-state index in [0.29, 0.717) is 37.1 Å². The molecule has 0 radical (unpaired) electrons. The molecule has 2 aromatic rings. The second-order valence-corrected chi connectivity index (χ2v) is 7.60. The highest BCUT2D eigenvalue weighted by molar-refractivity contribution is 6.41. The number of aryl methyl sites for hydroxylation is 1. The normalized spacial score (nSPS) is 15.0. The highest BCUT2D eigenvalue weighted by atomic mass is 35.5. The van der Waals surface area contributed by atoms with Crippen LogP contribution in [0.25, 0.3) is 0 Å². The van der Waals surface area contributed by atoms with Crippen LogP contribution in [0, 0.1) is 0 Å². The summed E-state index contributed by atoms with van der Waals surface area (Å²) in [6, 6.07) is -0.828. The molecule has 1 atom stereocenters. The van der Waals surface area contributed by atoms with Crippen LogP contribution in [0.3, 0.4) is 0 Å². The van der Waals surface area contributed by atoms with E-state index in [0.717, 1.165) is 0 Å². The maximum atomic E-state index is 13.3. The van der Waals surface area contributed by atoms with Crippen LogP contribution in [0.5, 0.6) is 0 Å². The van der Waals surface area contributed by atoms with E-state index in [1.807, 2.05) is 0 Å². The van der Waals surface area contributed by atoms with Gasteiger partial charge in [-0.15, -0.1) is 0 Å². The van der Waals surface area contributed by atoms with Gasteiger partial charge in [0.1, 0.15) is 21.9 Å². The molecule has 0 saturated carbocycles. The minimum atomic E-state index is -4.54. The first-order valence-electron chi connectivity index (χ1n) is 8.85. The number of likely N-dealkylation sites (N-methyl/N-ethyl adjacent to an activating group) is 1. The molecular weight excluding hydrogens is 418 g/mol. The molecule has 0 aromatic carbocycles. The Hall–Kier alpha value is -1.74. The van der Waals surface area contributed by atoms with Crippen LogP contribution in [-0.4, -0.2) is 37.4 Å². The lowest BCUT2D eigenvalue weighted by molar-refractivity contribution is -0.143. The van der Waals surface area contributed by atoms with Crippen LogP contribution in [0.4, 0.5) is 13.2 Å². The Bertz CT molecular complexity index is 906. The molecule has 1 aliphatic rings. The number of hydrogen-bond donors (Lipinski definition) is 0. The predicted molar refractivity (Wildman–Crippen MR) is 98.3 cm³/mol. The van der Waals surface area contributed by atoms with Crippen molar-refractivity contribution in [3.8, 4) is 0 Å². The Kier molecular flexibility index (Phi) is 5.69. The van der Waals surface area contributed by atoms with Gasteiger partial charge in [0, 0.05) is 25.4 Å². The number of fused-ring (bicyclic) bond motifs is 1. The first-order valence-corrected chi connectivity index (χ1v) is 9.61. The molecule has 1 amide bonds. The Morgan fingerprint density at radius 1 is 1.29 bits per heavy atom. The van der Waals surface area contributed by atoms with Crippen LogP contribution < -0.4 is 0 Å². The smallest absolute Gasteiger partial charge is 0.338 e. The van der Waals surface area contributed by atoms with E-state index < -0.39 is 17.9 Å². The number of halogens is 5. The van der Waals surface area contributed by atoms with Gasteiger partial charge in [0.15, 0.2) is 5.69 Å². The van der Waals surface area contributed by atoms with Gasteiger partial charge in [0.05, 0.1) is 6.54 Å². The van der Waals surface area contributed by atoms with E-state index in [4.69, 9.17) is 23.2 Å². The van der Waals surface area contributed by atoms with Crippen molar-refractivity contribution in [3.63, 3.8) is 0 Å². The zero-order valence-electron chi connectivity index (χ0n) is 15.6. The highest BCUT2D eigenvalue weighted by Crippen LogP contribution is 2.38. The fourth-order valence-corrected chi connectivity index (χ4v) is 3.96. The third-order valence-electron chi connectivity index (χ3n) is 4.95. The van der Waals surface area contributed by atoms with Crippen molar-refractivity contribution in [2.24, 2.45) is 7.05 Å². The molecule has 154 valence electrons. The van der Waals surface area contributed by atoms with E-state index in [1.54, 1.807) is 21.0 Å². The van der Waals surface area contributed by atoms with Crippen molar-refractivity contribution < 1.29 is 18.0 Å². The van der Waals surface area contributed by atoms with Crippen LogP contribution >= 0.6 is 23.2 Å².